The summed E-state index contributed by atoms with van der Waals surface area (Å²) in [4.78, 5) is 0. The van der Waals surface area contributed by atoms with Crippen LogP contribution in [0.2, 0.25) is 0 Å². The van der Waals surface area contributed by atoms with E-state index in [1.807, 2.05) is 0 Å². The zero-order valence-corrected chi connectivity index (χ0v) is 6.96. The molecule has 0 saturated carbocycles. The van der Waals surface area contributed by atoms with Crippen LogP contribution in [0.1, 0.15) is 5.56 Å². The fraction of sp³-hybridized carbons (Fsp3) is 0.143. The number of rotatable bonds is 1. The average molecular weight is 231 g/mol. The summed E-state index contributed by atoms with van der Waals surface area (Å²) in [7, 11) is 0. The van der Waals surface area contributed by atoms with Gasteiger partial charge in [-0.25, -0.2) is 4.39 Å². The fourth-order valence-electron chi connectivity index (χ4n) is 0.965. The number of halogens is 7. The quantitative estimate of drug-likeness (QED) is 0.514. The zero-order valence-electron chi connectivity index (χ0n) is 6.96. The molecule has 15 heavy (non-hydrogen) atoms. The van der Waals surface area contributed by atoms with Crippen LogP contribution in [-0.4, -0.2) is 6.98 Å². The third-order valence-corrected chi connectivity index (χ3v) is 1.63. The van der Waals surface area contributed by atoms with Crippen LogP contribution < -0.4 is 5.46 Å². The number of hydrogen-bond donors (Lipinski definition) is 0. The largest absolute Gasteiger partial charge is 0.509 e. The lowest BCUT2D eigenvalue weighted by molar-refractivity contribution is -0.137. The summed E-state index contributed by atoms with van der Waals surface area (Å²) in [6.07, 6.45) is -4.99. The first-order valence-electron chi connectivity index (χ1n) is 3.68. The molecule has 8 heteroatoms. The van der Waals surface area contributed by atoms with Gasteiger partial charge in [-0.3, -0.25) is 0 Å². The second-order valence-corrected chi connectivity index (χ2v) is 2.85. The molecule has 1 rings (SSSR count). The van der Waals surface area contributed by atoms with Gasteiger partial charge in [0.15, 0.2) is 0 Å². The Morgan fingerprint density at radius 3 is 1.87 bits per heavy atom. The molecule has 0 aliphatic heterocycles. The number of benzene rings is 1. The Balaban J connectivity index is 3.30. The molecule has 0 N–H and O–H groups in total. The van der Waals surface area contributed by atoms with E-state index in [9.17, 15) is 30.5 Å². The van der Waals surface area contributed by atoms with Crippen LogP contribution >= 0.6 is 0 Å². The van der Waals surface area contributed by atoms with Crippen molar-refractivity contribution in [1.29, 1.82) is 0 Å². The van der Waals surface area contributed by atoms with E-state index >= 15 is 0 Å². The Kier molecular flexibility index (Phi) is 2.71. The lowest BCUT2D eigenvalue weighted by Crippen LogP contribution is -2.35. The number of alkyl halides is 3. The first-order valence-corrected chi connectivity index (χ1v) is 3.68. The molecule has 0 amide bonds. The highest BCUT2D eigenvalue weighted by Gasteiger charge is 2.34. The first kappa shape index (κ1) is 11.9. The van der Waals surface area contributed by atoms with Crippen molar-refractivity contribution >= 4 is 12.4 Å². The molecule has 0 radical (unpaired) electrons. The third kappa shape index (κ3) is 2.87. The monoisotopic (exact) mass is 231 g/mol. The highest BCUT2D eigenvalue weighted by molar-refractivity contribution is 6.73. The van der Waals surface area contributed by atoms with Crippen LogP contribution in [0.5, 0.6) is 0 Å². The summed E-state index contributed by atoms with van der Waals surface area (Å²) in [5.41, 5.74) is -3.24. The molecule has 0 aliphatic carbocycles. The van der Waals surface area contributed by atoms with Crippen LogP contribution in [0.4, 0.5) is 30.5 Å². The minimum absolute atomic E-state index is 0.0192. The highest BCUT2D eigenvalue weighted by atomic mass is 19.4. The van der Waals surface area contributed by atoms with Crippen molar-refractivity contribution in [1.82, 2.24) is 0 Å². The Labute approximate surface area is 79.8 Å². The molecule has 0 aliphatic rings. The van der Waals surface area contributed by atoms with Crippen LogP contribution in [-0.2, 0) is 6.18 Å². The molecule has 84 valence electrons. The Hall–Kier alpha value is -1.21. The van der Waals surface area contributed by atoms with Gasteiger partial charge < -0.3 is 12.9 Å². The van der Waals surface area contributed by atoms with E-state index in [-0.39, 0.29) is 18.2 Å². The first-order chi connectivity index (χ1) is 6.60. The predicted molar refractivity (Wildman–Crippen MR) is 40.1 cm³/mol. The van der Waals surface area contributed by atoms with Gasteiger partial charge in [0.2, 0.25) is 0 Å². The van der Waals surface area contributed by atoms with Crippen molar-refractivity contribution in [2.45, 2.75) is 6.18 Å². The zero-order chi connectivity index (χ0) is 11.9. The summed E-state index contributed by atoms with van der Waals surface area (Å²) >= 11 is 0. The van der Waals surface area contributed by atoms with Gasteiger partial charge in [-0.2, -0.15) is 13.2 Å². The Morgan fingerprint density at radius 1 is 0.933 bits per heavy atom. The second-order valence-electron chi connectivity index (χ2n) is 2.85. The van der Waals surface area contributed by atoms with Crippen molar-refractivity contribution in [3.8, 4) is 0 Å². The van der Waals surface area contributed by atoms with Crippen LogP contribution in [0.25, 0.3) is 0 Å². The average Bonchev–Trinajstić information content (AvgIpc) is 1.99. The predicted octanol–water partition coefficient (Wildman–Crippen LogP) is 2.90. The van der Waals surface area contributed by atoms with Crippen molar-refractivity contribution in [3.05, 3.63) is 29.6 Å². The maximum Gasteiger partial charge on any atom is 0.509 e. The summed E-state index contributed by atoms with van der Waals surface area (Å²) in [6.45, 7) is -5.64. The van der Waals surface area contributed by atoms with Crippen LogP contribution in [0.15, 0.2) is 18.2 Å². The van der Waals surface area contributed by atoms with Gasteiger partial charge in [0.1, 0.15) is 5.82 Å². The van der Waals surface area contributed by atoms with Crippen molar-refractivity contribution in [2.24, 2.45) is 0 Å². The Morgan fingerprint density at radius 2 is 1.47 bits per heavy atom. The SMILES string of the molecule is Fc1cc([B-](F)(F)F)cc(C(F)(F)F)c1. The van der Waals surface area contributed by atoms with Crippen LogP contribution in [0, 0.1) is 5.82 Å². The molecule has 1 aromatic carbocycles. The topological polar surface area (TPSA) is 0 Å². The molecular formula is C7H3BF7-. The lowest BCUT2D eigenvalue weighted by atomic mass is 9.79. The molecule has 0 fully saturated rings. The smallest absolute Gasteiger partial charge is 0.445 e. The minimum atomic E-state index is -5.64. The van der Waals surface area contributed by atoms with E-state index in [1.165, 1.54) is 0 Å². The third-order valence-electron chi connectivity index (χ3n) is 1.63. The summed E-state index contributed by atoms with van der Waals surface area (Å²) in [5, 5.41) is 0. The van der Waals surface area contributed by atoms with E-state index in [0.717, 1.165) is 0 Å². The molecule has 0 unspecified atom stereocenters. The van der Waals surface area contributed by atoms with E-state index in [2.05, 4.69) is 0 Å². The molecular weight excluding hydrogens is 228 g/mol. The van der Waals surface area contributed by atoms with E-state index in [0.29, 0.717) is 0 Å². The summed E-state index contributed by atoms with van der Waals surface area (Å²) < 4.78 is 84.7. The van der Waals surface area contributed by atoms with Gasteiger partial charge in [0.05, 0.1) is 5.56 Å². The van der Waals surface area contributed by atoms with Gasteiger partial charge in [-0.05, 0) is 6.07 Å². The molecule has 0 bridgehead atoms. The van der Waals surface area contributed by atoms with Gasteiger partial charge in [0, 0.05) is 0 Å². The molecule has 0 atom stereocenters. The van der Waals surface area contributed by atoms with E-state index < -0.39 is 30.0 Å². The second kappa shape index (κ2) is 3.43. The molecule has 0 nitrogen and oxygen atoms in total. The van der Waals surface area contributed by atoms with Crippen molar-refractivity contribution < 1.29 is 30.5 Å². The fourth-order valence-corrected chi connectivity index (χ4v) is 0.965. The normalized spacial score (nSPS) is 13.0. The maximum atomic E-state index is 12.5. The molecule has 1 aromatic rings. The van der Waals surface area contributed by atoms with Gasteiger partial charge >= 0.3 is 13.2 Å². The maximum absolute atomic E-state index is 12.5. The van der Waals surface area contributed by atoms with Gasteiger partial charge in [-0.15, -0.1) is 5.46 Å². The van der Waals surface area contributed by atoms with Gasteiger partial charge in [0.25, 0.3) is 0 Å². The summed E-state index contributed by atoms with van der Waals surface area (Å²) in [6, 6.07) is -0.0519. The van der Waals surface area contributed by atoms with Gasteiger partial charge in [-0.1, -0.05) is 12.1 Å². The highest BCUT2D eigenvalue weighted by Crippen LogP contribution is 2.29. The van der Waals surface area contributed by atoms with E-state index in [4.69, 9.17) is 0 Å². The molecule has 0 heterocycles. The number of hydrogen-bond acceptors (Lipinski definition) is 0. The van der Waals surface area contributed by atoms with Crippen molar-refractivity contribution in [2.75, 3.05) is 0 Å². The standard InChI is InChI=1S/C7H3BF7/c9-6-2-4(7(10,11)12)1-5(3-6)8(13,14)15/h1-3H/q-1. The Bertz CT molecular complexity index is 332. The van der Waals surface area contributed by atoms with Crippen molar-refractivity contribution in [3.63, 3.8) is 0 Å². The molecule has 0 saturated heterocycles. The lowest BCUT2D eigenvalue weighted by Gasteiger charge is -2.17. The molecule has 0 aromatic heterocycles. The molecule has 0 spiro atoms. The van der Waals surface area contributed by atoms with Crippen LogP contribution in [0.3, 0.4) is 0 Å². The minimum Gasteiger partial charge on any atom is -0.445 e. The van der Waals surface area contributed by atoms with E-state index in [1.54, 1.807) is 0 Å². The summed E-state index contributed by atoms with van der Waals surface area (Å²) in [5.74, 6) is -1.56.